The van der Waals surface area contributed by atoms with Gasteiger partial charge in [0.25, 0.3) is 0 Å². The number of fused-ring (bicyclic) bond motifs is 1. The van der Waals surface area contributed by atoms with Gasteiger partial charge in [0.15, 0.2) is 0 Å². The van der Waals surface area contributed by atoms with Gasteiger partial charge in [-0.3, -0.25) is 4.57 Å². The molecule has 2 aromatic rings. The number of hydrogen-bond donors (Lipinski definition) is 0. The highest BCUT2D eigenvalue weighted by Gasteiger charge is 2.29. The van der Waals surface area contributed by atoms with E-state index in [9.17, 15) is 4.79 Å². The van der Waals surface area contributed by atoms with Gasteiger partial charge in [-0.25, -0.2) is 4.79 Å². The molecule has 0 fully saturated rings. The van der Waals surface area contributed by atoms with Crippen molar-refractivity contribution in [3.63, 3.8) is 0 Å². The van der Waals surface area contributed by atoms with E-state index in [1.807, 2.05) is 39.0 Å². The number of aromatic nitrogens is 1. The van der Waals surface area contributed by atoms with Crippen molar-refractivity contribution in [2.24, 2.45) is 0 Å². The van der Waals surface area contributed by atoms with Gasteiger partial charge in [-0.15, -0.1) is 0 Å². The van der Waals surface area contributed by atoms with Crippen molar-refractivity contribution in [1.29, 1.82) is 0 Å². The second-order valence-corrected chi connectivity index (χ2v) is 13.1. The summed E-state index contributed by atoms with van der Waals surface area (Å²) in [5.74, 6) is 0. The lowest BCUT2D eigenvalue weighted by molar-refractivity contribution is 0.0549. The van der Waals surface area contributed by atoms with E-state index in [0.29, 0.717) is 0 Å². The molecule has 2 rings (SSSR count). The predicted octanol–water partition coefficient (Wildman–Crippen LogP) is 4.73. The summed E-state index contributed by atoms with van der Waals surface area (Å²) >= 11 is 3.57. The first-order valence-corrected chi connectivity index (χ1v) is 11.3. The van der Waals surface area contributed by atoms with Gasteiger partial charge in [-0.1, -0.05) is 41.6 Å². The van der Waals surface area contributed by atoms with Gasteiger partial charge in [-0.05, 0) is 39.0 Å². The minimum atomic E-state index is -1.68. The number of benzene rings is 1. The number of halogens is 1. The summed E-state index contributed by atoms with van der Waals surface area (Å²) < 4.78 is 8.35. The largest absolute Gasteiger partial charge is 0.443 e. The molecule has 0 aliphatic heterocycles. The van der Waals surface area contributed by atoms with Crippen molar-refractivity contribution in [3.05, 3.63) is 28.7 Å². The summed E-state index contributed by atoms with van der Waals surface area (Å²) in [6.45, 7) is 12.4. The fourth-order valence-electron chi connectivity index (χ4n) is 2.25. The number of carbonyl (C=O) groups excluding carboxylic acids is 1. The Hall–Kier alpha value is -1.07. The Kier molecular flexibility index (Phi) is 4.10. The van der Waals surface area contributed by atoms with E-state index in [4.69, 9.17) is 4.74 Å². The van der Waals surface area contributed by atoms with Gasteiger partial charge in [-0.2, -0.15) is 0 Å². The first kappa shape index (κ1) is 16.3. The van der Waals surface area contributed by atoms with Crippen molar-refractivity contribution >= 4 is 46.3 Å². The maximum absolute atomic E-state index is 12.7. The lowest BCUT2D eigenvalue weighted by atomic mass is 10.2. The topological polar surface area (TPSA) is 31.2 Å². The number of rotatable bonds is 1. The number of carbonyl (C=O) groups is 1. The lowest BCUT2D eigenvalue weighted by Gasteiger charge is -2.24. The van der Waals surface area contributed by atoms with Crippen molar-refractivity contribution in [3.8, 4) is 0 Å². The molecule has 21 heavy (non-hydrogen) atoms. The van der Waals surface area contributed by atoms with Crippen molar-refractivity contribution in [2.75, 3.05) is 0 Å². The Bertz CT molecular complexity index is 693. The summed E-state index contributed by atoms with van der Waals surface area (Å²) in [6.07, 6.45) is -0.298. The highest BCUT2D eigenvalue weighted by molar-refractivity contribution is 9.10. The minimum absolute atomic E-state index is 0.298. The van der Waals surface area contributed by atoms with Crippen LogP contribution in [0.5, 0.6) is 0 Å². The summed E-state index contributed by atoms with van der Waals surface area (Å²) in [5.41, 5.74) is 0.396. The molecule has 0 amide bonds. The Morgan fingerprint density at radius 1 is 1.24 bits per heavy atom. The van der Waals surface area contributed by atoms with Crippen LogP contribution in [-0.2, 0) is 4.74 Å². The molecule has 0 bridgehead atoms. The van der Waals surface area contributed by atoms with Gasteiger partial charge in [0.1, 0.15) is 5.60 Å². The van der Waals surface area contributed by atoms with Gasteiger partial charge in [0.2, 0.25) is 0 Å². The van der Waals surface area contributed by atoms with Crippen LogP contribution in [0.15, 0.2) is 28.7 Å². The maximum atomic E-state index is 12.7. The smallest absolute Gasteiger partial charge is 0.418 e. The van der Waals surface area contributed by atoms with Crippen molar-refractivity contribution in [1.82, 2.24) is 4.57 Å². The molecule has 0 radical (unpaired) electrons. The van der Waals surface area contributed by atoms with Crippen LogP contribution >= 0.6 is 15.9 Å². The average Bonchev–Trinajstić information content (AvgIpc) is 2.67. The van der Waals surface area contributed by atoms with E-state index in [1.165, 1.54) is 0 Å². The van der Waals surface area contributed by atoms with E-state index in [1.54, 1.807) is 4.57 Å². The van der Waals surface area contributed by atoms with Crippen molar-refractivity contribution < 1.29 is 9.53 Å². The summed E-state index contributed by atoms with van der Waals surface area (Å²) in [7, 11) is -1.68. The van der Waals surface area contributed by atoms with E-state index in [2.05, 4.69) is 41.6 Å². The Morgan fingerprint density at radius 3 is 2.38 bits per heavy atom. The first-order valence-electron chi connectivity index (χ1n) is 7.04. The minimum Gasteiger partial charge on any atom is -0.443 e. The molecule has 5 heteroatoms. The Balaban J connectivity index is 2.70. The molecular weight excluding hydrogens is 346 g/mol. The predicted molar refractivity (Wildman–Crippen MR) is 94.3 cm³/mol. The molecule has 1 aromatic carbocycles. The van der Waals surface area contributed by atoms with Crippen LogP contribution in [0.25, 0.3) is 10.9 Å². The molecular formula is C16H22BrNO2Si. The van der Waals surface area contributed by atoms with E-state index in [0.717, 1.165) is 20.7 Å². The quantitative estimate of drug-likeness (QED) is 0.682. The Morgan fingerprint density at radius 2 is 1.86 bits per heavy atom. The van der Waals surface area contributed by atoms with Crippen LogP contribution in [0, 0.1) is 0 Å². The van der Waals surface area contributed by atoms with E-state index >= 15 is 0 Å². The number of hydrogen-bond acceptors (Lipinski definition) is 2. The SMILES string of the molecule is CC(C)(C)OC(=O)n1c([Si](C)(C)C)cc2c(Br)cccc21. The third kappa shape index (κ3) is 3.40. The van der Waals surface area contributed by atoms with Gasteiger partial charge < -0.3 is 4.74 Å². The summed E-state index contributed by atoms with van der Waals surface area (Å²) in [6, 6.07) is 8.03. The zero-order chi connectivity index (χ0) is 16.0. The zero-order valence-electron chi connectivity index (χ0n) is 13.5. The summed E-state index contributed by atoms with van der Waals surface area (Å²) in [4.78, 5) is 12.7. The van der Waals surface area contributed by atoms with Gasteiger partial charge in [0, 0.05) is 15.2 Å². The molecule has 0 aliphatic carbocycles. The van der Waals surface area contributed by atoms with E-state index < -0.39 is 13.7 Å². The molecule has 0 saturated carbocycles. The fourth-order valence-corrected chi connectivity index (χ4v) is 4.18. The van der Waals surface area contributed by atoms with Crippen LogP contribution in [-0.4, -0.2) is 24.3 Å². The van der Waals surface area contributed by atoms with Crippen LogP contribution in [0.1, 0.15) is 20.8 Å². The first-order chi connectivity index (χ1) is 9.50. The second kappa shape index (κ2) is 5.28. The number of nitrogens with zero attached hydrogens (tertiary/aromatic N) is 1. The highest BCUT2D eigenvalue weighted by atomic mass is 79.9. The van der Waals surface area contributed by atoms with Crippen molar-refractivity contribution in [2.45, 2.75) is 46.0 Å². The molecule has 0 saturated heterocycles. The summed E-state index contributed by atoms with van der Waals surface area (Å²) in [5, 5.41) is 2.14. The molecule has 0 spiro atoms. The van der Waals surface area contributed by atoms with Gasteiger partial charge >= 0.3 is 6.09 Å². The molecule has 3 nitrogen and oxygen atoms in total. The number of ether oxygens (including phenoxy) is 1. The fraction of sp³-hybridized carbons (Fsp3) is 0.438. The molecule has 0 atom stereocenters. The monoisotopic (exact) mass is 367 g/mol. The third-order valence-corrected chi connectivity index (χ3v) is 5.73. The van der Waals surface area contributed by atoms with Crippen LogP contribution in [0.4, 0.5) is 4.79 Å². The molecule has 1 heterocycles. The average molecular weight is 368 g/mol. The van der Waals surface area contributed by atoms with Crippen LogP contribution in [0.2, 0.25) is 19.6 Å². The highest BCUT2D eigenvalue weighted by Crippen LogP contribution is 2.26. The second-order valence-electron chi connectivity index (χ2n) is 7.27. The Labute approximate surface area is 135 Å². The molecule has 0 unspecified atom stereocenters. The van der Waals surface area contributed by atoms with Crippen LogP contribution in [0.3, 0.4) is 0 Å². The van der Waals surface area contributed by atoms with Crippen LogP contribution < -0.4 is 5.32 Å². The molecule has 0 N–H and O–H groups in total. The molecule has 1 aromatic heterocycles. The zero-order valence-corrected chi connectivity index (χ0v) is 16.0. The normalized spacial score (nSPS) is 12.7. The standard InChI is InChI=1S/C16H22BrNO2Si/c1-16(2,3)20-15(19)18-13-9-7-8-12(17)11(13)10-14(18)21(4,5)6/h7-10H,1-6H3. The van der Waals surface area contributed by atoms with Gasteiger partial charge in [0.05, 0.1) is 13.6 Å². The maximum Gasteiger partial charge on any atom is 0.418 e. The van der Waals surface area contributed by atoms with E-state index in [-0.39, 0.29) is 6.09 Å². The molecule has 0 aliphatic rings. The third-order valence-electron chi connectivity index (χ3n) is 3.14. The molecule has 114 valence electrons. The lowest BCUT2D eigenvalue weighted by Crippen LogP contribution is -2.45.